The van der Waals surface area contributed by atoms with Crippen molar-refractivity contribution in [1.82, 2.24) is 9.38 Å². The monoisotopic (exact) mass is 395 g/mol. The molecule has 0 N–H and O–H groups in total. The number of para-hydroxylation sites is 1. The predicted octanol–water partition coefficient (Wildman–Crippen LogP) is 3.36. The van der Waals surface area contributed by atoms with Crippen LogP contribution >= 0.6 is 11.3 Å². The molecule has 0 spiro atoms. The highest BCUT2D eigenvalue weighted by molar-refractivity contribution is 7.15. The number of ether oxygens (including phenoxy) is 1. The molecular weight excluding hydrogens is 374 g/mol. The number of esters is 1. The van der Waals surface area contributed by atoms with Crippen LogP contribution in [0.2, 0.25) is 0 Å². The van der Waals surface area contributed by atoms with Gasteiger partial charge in [0.2, 0.25) is 0 Å². The molecule has 2 aromatic heterocycles. The number of hydrogen-bond donors (Lipinski definition) is 0. The summed E-state index contributed by atoms with van der Waals surface area (Å²) < 4.78 is 7.03. The van der Waals surface area contributed by atoms with Crippen LogP contribution in [0.1, 0.15) is 25.1 Å². The van der Waals surface area contributed by atoms with Gasteiger partial charge in [-0.3, -0.25) is 14.0 Å². The minimum Gasteiger partial charge on any atom is -0.457 e. The Hall–Kier alpha value is -2.93. The molecule has 0 radical (unpaired) electrons. The third-order valence-electron chi connectivity index (χ3n) is 5.08. The van der Waals surface area contributed by atoms with Crippen molar-refractivity contribution in [3.63, 3.8) is 0 Å². The first kappa shape index (κ1) is 18.4. The van der Waals surface area contributed by atoms with Crippen molar-refractivity contribution in [1.29, 1.82) is 0 Å². The van der Waals surface area contributed by atoms with E-state index in [1.165, 1.54) is 16.9 Å². The van der Waals surface area contributed by atoms with Gasteiger partial charge in [0.25, 0.3) is 0 Å². The topological polar surface area (TPSA) is 63.9 Å². The number of rotatable bonds is 5. The molecule has 144 valence electrons. The van der Waals surface area contributed by atoms with E-state index in [-0.39, 0.29) is 24.2 Å². The quantitative estimate of drug-likeness (QED) is 0.490. The number of benzene rings is 1. The van der Waals surface area contributed by atoms with Crippen LogP contribution in [0.5, 0.6) is 0 Å². The van der Waals surface area contributed by atoms with Crippen molar-refractivity contribution >= 4 is 33.7 Å². The Bertz CT molecular complexity index is 1060. The lowest BCUT2D eigenvalue weighted by molar-refractivity contribution is -0.146. The summed E-state index contributed by atoms with van der Waals surface area (Å²) >= 11 is 1.50. The molecule has 0 saturated heterocycles. The van der Waals surface area contributed by atoms with Crippen molar-refractivity contribution in [2.75, 3.05) is 18.6 Å². The second kappa shape index (κ2) is 6.91. The second-order valence-corrected chi connectivity index (χ2v) is 8.23. The first-order valence-electron chi connectivity index (χ1n) is 9.01. The van der Waals surface area contributed by atoms with Crippen LogP contribution in [0.25, 0.3) is 4.96 Å². The molecule has 0 bridgehead atoms. The van der Waals surface area contributed by atoms with Crippen LogP contribution in [0, 0.1) is 0 Å². The van der Waals surface area contributed by atoms with Gasteiger partial charge in [0.15, 0.2) is 17.4 Å². The number of aromatic nitrogens is 2. The molecule has 7 heteroatoms. The van der Waals surface area contributed by atoms with Crippen molar-refractivity contribution in [2.45, 2.75) is 25.7 Å². The maximum absolute atomic E-state index is 12.4. The Balaban J connectivity index is 1.40. The molecule has 0 aliphatic carbocycles. The van der Waals surface area contributed by atoms with E-state index in [4.69, 9.17) is 4.74 Å². The van der Waals surface area contributed by atoms with E-state index in [1.807, 2.05) is 46.1 Å². The number of carbonyl (C=O) groups is 2. The van der Waals surface area contributed by atoms with Gasteiger partial charge in [-0.2, -0.15) is 0 Å². The zero-order chi connectivity index (χ0) is 19.9. The Labute approximate surface area is 167 Å². The molecule has 0 unspecified atom stereocenters. The molecule has 3 aromatic rings. The standard InChI is InChI=1S/C21H21N3O3S/c1-21(2)16-6-4-5-7-17(16)23(3)18(21)11-15(25)13-27-19(26)10-14-12-24-8-9-28-20(24)22-14/h4-9,11-12H,10,13H2,1-3H3/b18-11-. The maximum atomic E-state index is 12.4. The minimum atomic E-state index is -0.458. The van der Waals surface area contributed by atoms with Crippen molar-refractivity contribution < 1.29 is 14.3 Å². The smallest absolute Gasteiger partial charge is 0.312 e. The zero-order valence-electron chi connectivity index (χ0n) is 16.0. The summed E-state index contributed by atoms with van der Waals surface area (Å²) in [6.45, 7) is 3.90. The predicted molar refractivity (Wildman–Crippen MR) is 109 cm³/mol. The van der Waals surface area contributed by atoms with Crippen LogP contribution in [0.4, 0.5) is 5.69 Å². The highest BCUT2D eigenvalue weighted by Gasteiger charge is 2.38. The Kier molecular flexibility index (Phi) is 4.55. The van der Waals surface area contributed by atoms with Crippen molar-refractivity contribution in [3.8, 4) is 0 Å². The molecule has 0 atom stereocenters. The van der Waals surface area contributed by atoms with E-state index in [9.17, 15) is 9.59 Å². The maximum Gasteiger partial charge on any atom is 0.312 e. The first-order chi connectivity index (χ1) is 13.4. The van der Waals surface area contributed by atoms with Gasteiger partial charge in [-0.05, 0) is 11.6 Å². The van der Waals surface area contributed by atoms with E-state index in [1.54, 1.807) is 12.3 Å². The summed E-state index contributed by atoms with van der Waals surface area (Å²) in [6.07, 6.45) is 5.31. The van der Waals surface area contributed by atoms with E-state index < -0.39 is 5.97 Å². The summed E-state index contributed by atoms with van der Waals surface area (Å²) in [4.78, 5) is 31.7. The van der Waals surface area contributed by atoms with Gasteiger partial charge in [0, 0.05) is 47.7 Å². The van der Waals surface area contributed by atoms with Crippen molar-refractivity contribution in [2.24, 2.45) is 0 Å². The molecule has 3 heterocycles. The molecule has 0 amide bonds. The lowest BCUT2D eigenvalue weighted by Gasteiger charge is -2.23. The number of fused-ring (bicyclic) bond motifs is 2. The molecule has 6 nitrogen and oxygen atoms in total. The number of nitrogens with zero attached hydrogens (tertiary/aromatic N) is 3. The van der Waals surface area contributed by atoms with Crippen LogP contribution < -0.4 is 4.90 Å². The Morgan fingerprint density at radius 1 is 1.29 bits per heavy atom. The third kappa shape index (κ3) is 3.22. The van der Waals surface area contributed by atoms with E-state index in [0.717, 1.165) is 16.3 Å². The highest BCUT2D eigenvalue weighted by Crippen LogP contribution is 2.46. The fourth-order valence-electron chi connectivity index (χ4n) is 3.66. The molecule has 1 aliphatic heterocycles. The van der Waals surface area contributed by atoms with Crippen molar-refractivity contribution in [3.05, 3.63) is 65.1 Å². The Morgan fingerprint density at radius 3 is 2.82 bits per heavy atom. The van der Waals surface area contributed by atoms with Crippen LogP contribution in [-0.4, -0.2) is 34.8 Å². The number of hydrogen-bond acceptors (Lipinski definition) is 6. The van der Waals surface area contributed by atoms with Gasteiger partial charge in [0.1, 0.15) is 0 Å². The summed E-state index contributed by atoms with van der Waals surface area (Å²) in [6, 6.07) is 8.10. The van der Waals surface area contributed by atoms with Crippen LogP contribution in [0.3, 0.4) is 0 Å². The fourth-order valence-corrected chi connectivity index (χ4v) is 4.38. The van der Waals surface area contributed by atoms with Gasteiger partial charge in [-0.15, -0.1) is 11.3 Å². The molecule has 1 aliphatic rings. The highest BCUT2D eigenvalue weighted by atomic mass is 32.1. The lowest BCUT2D eigenvalue weighted by Crippen LogP contribution is -2.25. The minimum absolute atomic E-state index is 0.0507. The number of thiazole rings is 1. The number of imidazole rings is 1. The van der Waals surface area contributed by atoms with E-state index in [2.05, 4.69) is 24.9 Å². The van der Waals surface area contributed by atoms with Gasteiger partial charge >= 0.3 is 5.97 Å². The Morgan fingerprint density at radius 2 is 2.07 bits per heavy atom. The van der Waals surface area contributed by atoms with E-state index >= 15 is 0 Å². The van der Waals surface area contributed by atoms with Crippen LogP contribution in [0.15, 0.2) is 53.8 Å². The zero-order valence-corrected chi connectivity index (χ0v) is 16.8. The van der Waals surface area contributed by atoms with Gasteiger partial charge < -0.3 is 9.64 Å². The molecule has 0 saturated carbocycles. The number of allylic oxidation sites excluding steroid dienone is 1. The average Bonchev–Trinajstić information content (AvgIpc) is 3.29. The SMILES string of the molecule is CN1/C(=C\C(=O)COC(=O)Cc2cn3ccsc3n2)C(C)(C)c2ccccc21. The summed E-state index contributed by atoms with van der Waals surface area (Å²) in [5.41, 5.74) is 3.50. The molecule has 4 rings (SSSR count). The molecular formula is C21H21N3O3S. The molecule has 28 heavy (non-hydrogen) atoms. The normalized spacial score (nSPS) is 16.5. The van der Waals surface area contributed by atoms with Gasteiger partial charge in [-0.1, -0.05) is 32.0 Å². The average molecular weight is 395 g/mol. The fraction of sp³-hybridized carbons (Fsp3) is 0.286. The van der Waals surface area contributed by atoms with E-state index in [0.29, 0.717) is 5.69 Å². The van der Waals surface area contributed by atoms with Gasteiger partial charge in [-0.25, -0.2) is 4.98 Å². The third-order valence-corrected chi connectivity index (χ3v) is 5.85. The number of carbonyl (C=O) groups excluding carboxylic acids is 2. The lowest BCUT2D eigenvalue weighted by atomic mass is 9.83. The molecule has 1 aromatic carbocycles. The first-order valence-corrected chi connectivity index (χ1v) is 9.89. The number of likely N-dealkylation sites (N-methyl/N-ethyl adjacent to an activating group) is 1. The number of ketones is 1. The summed E-state index contributed by atoms with van der Waals surface area (Å²) in [5.74, 6) is -0.693. The summed E-state index contributed by atoms with van der Waals surface area (Å²) in [7, 11) is 1.95. The van der Waals surface area contributed by atoms with Crippen LogP contribution in [-0.2, 0) is 26.2 Å². The second-order valence-electron chi connectivity index (χ2n) is 7.36. The molecule has 0 fully saturated rings. The largest absolute Gasteiger partial charge is 0.457 e. The van der Waals surface area contributed by atoms with Gasteiger partial charge in [0.05, 0.1) is 12.1 Å². The number of anilines is 1. The summed E-state index contributed by atoms with van der Waals surface area (Å²) in [5, 5.41) is 1.93.